The minimum Gasteiger partial charge on any atom is -0.291 e. The molecule has 3 heteroatoms. The van der Waals surface area contributed by atoms with Crippen LogP contribution in [-0.2, 0) is 9.54 Å². The van der Waals surface area contributed by atoms with Crippen molar-refractivity contribution < 1.29 is 4.79 Å². The van der Waals surface area contributed by atoms with E-state index in [-0.39, 0.29) is 4.75 Å². The summed E-state index contributed by atoms with van der Waals surface area (Å²) in [4.78, 5) is 14.9. The van der Waals surface area contributed by atoms with Gasteiger partial charge in [-0.15, -0.1) is 11.8 Å². The Morgan fingerprint density at radius 2 is 1.29 bits per heavy atom. The average Bonchev–Trinajstić information content (AvgIpc) is 2.68. The van der Waals surface area contributed by atoms with Gasteiger partial charge in [0.2, 0.25) is 0 Å². The third-order valence-electron chi connectivity index (χ3n) is 3.97. The monoisotopic (exact) mass is 332 g/mol. The number of benzene rings is 2. The summed E-state index contributed by atoms with van der Waals surface area (Å²) in [5.74, 6) is 0.704. The normalized spacial score (nSPS) is 11.2. The molecule has 0 aliphatic carbocycles. The molecule has 119 valence electrons. The number of thioether (sulfide) groups is 1. The molecule has 0 spiro atoms. The van der Waals surface area contributed by atoms with Crippen LogP contribution in [0.4, 0.5) is 0 Å². The van der Waals surface area contributed by atoms with Crippen LogP contribution in [0.2, 0.25) is 0 Å². The lowest BCUT2D eigenvalue weighted by molar-refractivity contribution is 0.554. The van der Waals surface area contributed by atoms with Gasteiger partial charge in [-0.2, -0.15) is 0 Å². The van der Waals surface area contributed by atoms with E-state index in [1.807, 2.05) is 30.8 Å². The van der Waals surface area contributed by atoms with E-state index in [2.05, 4.69) is 65.6 Å². The van der Waals surface area contributed by atoms with Crippen LogP contribution < -0.4 is 0 Å². The largest absolute Gasteiger partial charge is 0.291 e. The molecule has 24 heavy (non-hydrogen) atoms. The fraction of sp³-hybridized carbons (Fsp3) is 0.143. The number of hydrogen-bond acceptors (Lipinski definition) is 3. The molecule has 0 fully saturated rings. The molecule has 3 rings (SSSR count). The van der Waals surface area contributed by atoms with Gasteiger partial charge in [0, 0.05) is 24.6 Å². The molecule has 0 saturated carbocycles. The van der Waals surface area contributed by atoms with Crippen molar-refractivity contribution in [1.82, 2.24) is 4.98 Å². The summed E-state index contributed by atoms with van der Waals surface area (Å²) in [6.07, 6.45) is 6.07. The first-order valence-corrected chi connectivity index (χ1v) is 8.87. The quantitative estimate of drug-likeness (QED) is 0.592. The number of nitrogens with zero attached hydrogens (tertiary/aromatic N) is 1. The predicted molar refractivity (Wildman–Crippen MR) is 99.8 cm³/mol. The van der Waals surface area contributed by atoms with E-state index in [9.17, 15) is 4.79 Å². The molecule has 1 heterocycles. The number of hydrogen-bond donors (Lipinski definition) is 0. The maximum atomic E-state index is 10.8. The van der Waals surface area contributed by atoms with Crippen LogP contribution in [0, 0.1) is 0 Å². The number of rotatable bonds is 7. The van der Waals surface area contributed by atoms with Crippen molar-refractivity contribution in [2.24, 2.45) is 0 Å². The van der Waals surface area contributed by atoms with Crippen LogP contribution in [0.5, 0.6) is 0 Å². The van der Waals surface area contributed by atoms with Gasteiger partial charge in [0.1, 0.15) is 0 Å². The van der Waals surface area contributed by atoms with Gasteiger partial charge in [0.15, 0.2) is 6.29 Å². The van der Waals surface area contributed by atoms with Gasteiger partial charge in [-0.1, -0.05) is 60.7 Å². The van der Waals surface area contributed by atoms with Crippen molar-refractivity contribution in [3.05, 3.63) is 102 Å². The molecule has 0 atom stereocenters. The van der Waals surface area contributed by atoms with Crippen molar-refractivity contribution in [2.45, 2.75) is 11.2 Å². The third-order valence-corrected chi connectivity index (χ3v) is 5.52. The number of carbonyl (C=O) groups excluding carboxylic acids is 1. The number of aromatic nitrogens is 1. The summed E-state index contributed by atoms with van der Waals surface area (Å²) in [7, 11) is 0. The minimum absolute atomic E-state index is 0.373. The first-order valence-electron chi connectivity index (χ1n) is 7.88. The van der Waals surface area contributed by atoms with Crippen LogP contribution in [0.25, 0.3) is 0 Å². The van der Waals surface area contributed by atoms with E-state index in [0.29, 0.717) is 12.2 Å². The Morgan fingerprint density at radius 3 is 1.79 bits per heavy atom. The van der Waals surface area contributed by atoms with Gasteiger partial charge in [-0.05, 0) is 28.8 Å². The van der Waals surface area contributed by atoms with Crippen LogP contribution in [0.15, 0.2) is 85.2 Å². The summed E-state index contributed by atoms with van der Waals surface area (Å²) in [6.45, 7) is 0. The average molecular weight is 332 g/mol. The van der Waals surface area contributed by atoms with E-state index >= 15 is 0 Å². The van der Waals surface area contributed by atoms with E-state index in [1.165, 1.54) is 11.1 Å². The molecule has 2 aromatic carbocycles. The highest BCUT2D eigenvalue weighted by molar-refractivity contribution is 8.00. The van der Waals surface area contributed by atoms with Crippen LogP contribution in [0.3, 0.4) is 0 Å². The topological polar surface area (TPSA) is 30.0 Å². The first-order chi connectivity index (χ1) is 11.9. The SMILES string of the molecule is O=[C]CCSC(c1ccccc1)(c1ccccc1)c1ccncc1. The zero-order valence-corrected chi connectivity index (χ0v) is 14.1. The van der Waals surface area contributed by atoms with Gasteiger partial charge in [0.05, 0.1) is 4.75 Å². The summed E-state index contributed by atoms with van der Waals surface area (Å²) >= 11 is 1.76. The third kappa shape index (κ3) is 3.26. The lowest BCUT2D eigenvalue weighted by atomic mass is 9.84. The predicted octanol–water partition coefficient (Wildman–Crippen LogP) is 4.61. The summed E-state index contributed by atoms with van der Waals surface area (Å²) in [6, 6.07) is 25.0. The van der Waals surface area contributed by atoms with Crippen LogP contribution >= 0.6 is 11.8 Å². The Labute approximate surface area is 147 Å². The summed E-state index contributed by atoms with van der Waals surface area (Å²) in [5, 5.41) is 0. The molecule has 0 aliphatic rings. The zero-order chi connectivity index (χ0) is 16.7. The van der Waals surface area contributed by atoms with Crippen LogP contribution in [0.1, 0.15) is 23.1 Å². The second kappa shape index (κ2) is 7.93. The summed E-state index contributed by atoms with van der Waals surface area (Å²) in [5.41, 5.74) is 3.54. The highest BCUT2D eigenvalue weighted by Gasteiger charge is 2.36. The van der Waals surface area contributed by atoms with Crippen molar-refractivity contribution in [3.8, 4) is 0 Å². The molecular formula is C21H18NOS. The van der Waals surface area contributed by atoms with Gasteiger partial charge in [-0.25, -0.2) is 0 Å². The molecule has 0 aliphatic heterocycles. The van der Waals surface area contributed by atoms with Crippen LogP contribution in [-0.4, -0.2) is 17.0 Å². The molecule has 1 aromatic heterocycles. The highest BCUT2D eigenvalue weighted by Crippen LogP contribution is 2.48. The van der Waals surface area contributed by atoms with Gasteiger partial charge < -0.3 is 0 Å². The van der Waals surface area contributed by atoms with Gasteiger partial charge in [-0.3, -0.25) is 9.78 Å². The molecule has 0 amide bonds. The standard InChI is InChI=1S/C21H18NOS/c23-16-7-17-24-21(18-8-3-1-4-9-18,19-10-5-2-6-11-19)20-12-14-22-15-13-20/h1-6,8-15H,7,17H2. The molecule has 2 nitrogen and oxygen atoms in total. The lowest BCUT2D eigenvalue weighted by Gasteiger charge is -2.35. The molecule has 0 unspecified atom stereocenters. The molecule has 1 radical (unpaired) electrons. The summed E-state index contributed by atoms with van der Waals surface area (Å²) < 4.78 is -0.373. The maximum absolute atomic E-state index is 10.8. The maximum Gasteiger partial charge on any atom is 0.199 e. The van der Waals surface area contributed by atoms with E-state index < -0.39 is 0 Å². The zero-order valence-electron chi connectivity index (χ0n) is 13.3. The van der Waals surface area contributed by atoms with Crippen molar-refractivity contribution in [1.29, 1.82) is 0 Å². The Hall–Kier alpha value is -2.39. The van der Waals surface area contributed by atoms with Crippen molar-refractivity contribution in [2.75, 3.05) is 5.75 Å². The Bertz CT molecular complexity index is 663. The molecule has 3 aromatic rings. The smallest absolute Gasteiger partial charge is 0.199 e. The minimum atomic E-state index is -0.373. The Kier molecular flexibility index (Phi) is 5.44. The second-order valence-electron chi connectivity index (χ2n) is 5.39. The molecule has 0 bridgehead atoms. The highest BCUT2D eigenvalue weighted by atomic mass is 32.2. The Balaban J connectivity index is 2.22. The number of pyridine rings is 1. The van der Waals surface area contributed by atoms with Gasteiger partial charge >= 0.3 is 0 Å². The fourth-order valence-corrected chi connectivity index (χ4v) is 4.33. The van der Waals surface area contributed by atoms with Gasteiger partial charge in [0.25, 0.3) is 0 Å². The van der Waals surface area contributed by atoms with E-state index in [0.717, 1.165) is 5.56 Å². The molecule has 0 saturated heterocycles. The Morgan fingerprint density at radius 1 is 0.792 bits per heavy atom. The molecular weight excluding hydrogens is 314 g/mol. The first kappa shape index (κ1) is 16.5. The lowest BCUT2D eigenvalue weighted by Crippen LogP contribution is -2.26. The van der Waals surface area contributed by atoms with E-state index in [4.69, 9.17) is 0 Å². The van der Waals surface area contributed by atoms with Crippen molar-refractivity contribution >= 4 is 18.0 Å². The van der Waals surface area contributed by atoms with Crippen molar-refractivity contribution in [3.63, 3.8) is 0 Å². The van der Waals surface area contributed by atoms with E-state index in [1.54, 1.807) is 11.8 Å². The second-order valence-corrected chi connectivity index (χ2v) is 6.70. The molecule has 0 N–H and O–H groups in total. The fourth-order valence-electron chi connectivity index (χ4n) is 2.93.